The normalized spacial score (nSPS) is 17.4. The van der Waals surface area contributed by atoms with Crippen molar-refractivity contribution in [2.45, 2.75) is 38.8 Å². The van der Waals surface area contributed by atoms with Crippen LogP contribution in [-0.2, 0) is 24.8 Å². The molecule has 0 spiro atoms. The van der Waals surface area contributed by atoms with Gasteiger partial charge in [0.05, 0.1) is 12.2 Å². The first-order valence-electron chi connectivity index (χ1n) is 9.15. The van der Waals surface area contributed by atoms with E-state index < -0.39 is 0 Å². The highest BCUT2D eigenvalue weighted by Gasteiger charge is 2.26. The predicted molar refractivity (Wildman–Crippen MR) is 99.0 cm³/mol. The molecule has 1 N–H and O–H groups in total. The highest BCUT2D eigenvalue weighted by molar-refractivity contribution is 5.81. The van der Waals surface area contributed by atoms with E-state index in [1.807, 2.05) is 20.2 Å². The molecule has 0 saturated carbocycles. The van der Waals surface area contributed by atoms with Crippen molar-refractivity contribution in [3.8, 4) is 0 Å². The molecule has 5 nitrogen and oxygen atoms in total. The predicted octanol–water partition coefficient (Wildman–Crippen LogP) is 2.38. The van der Waals surface area contributed by atoms with Gasteiger partial charge in [-0.2, -0.15) is 5.10 Å². The maximum absolute atomic E-state index is 12.4. The number of aryl methyl sites for hydroxylation is 1. The first-order chi connectivity index (χ1) is 12.1. The number of rotatable bonds is 6. The summed E-state index contributed by atoms with van der Waals surface area (Å²) in [5.74, 6) is 0.828. The molecule has 1 atom stereocenters. The van der Waals surface area contributed by atoms with Crippen LogP contribution in [0.15, 0.2) is 42.7 Å². The minimum absolute atomic E-state index is 0.0747. The molecule has 25 heavy (non-hydrogen) atoms. The van der Waals surface area contributed by atoms with Crippen LogP contribution in [0.3, 0.4) is 0 Å². The number of nitrogens with zero attached hydrogens (tertiary/aromatic N) is 3. The number of hydrogen-bond donors (Lipinski definition) is 1. The number of amides is 1. The molecule has 5 heteroatoms. The number of likely N-dealkylation sites (tertiary alicyclic amines) is 1. The van der Waals surface area contributed by atoms with Crippen molar-refractivity contribution in [1.29, 1.82) is 0 Å². The van der Waals surface area contributed by atoms with E-state index in [0.717, 1.165) is 43.8 Å². The summed E-state index contributed by atoms with van der Waals surface area (Å²) in [6.07, 6.45) is 7.19. The second-order valence-corrected chi connectivity index (χ2v) is 7.09. The van der Waals surface area contributed by atoms with Gasteiger partial charge in [0, 0.05) is 25.4 Å². The summed E-state index contributed by atoms with van der Waals surface area (Å²) in [5.41, 5.74) is 2.45. The lowest BCUT2D eigenvalue weighted by atomic mass is 9.89. The second-order valence-electron chi connectivity index (χ2n) is 7.09. The van der Waals surface area contributed by atoms with Gasteiger partial charge < -0.3 is 5.32 Å². The number of nitrogens with one attached hydrogen (secondary N) is 1. The van der Waals surface area contributed by atoms with E-state index in [1.54, 1.807) is 10.9 Å². The lowest BCUT2D eigenvalue weighted by molar-refractivity contribution is -0.126. The molecule has 2 heterocycles. The molecular weight excluding hydrogens is 312 g/mol. The Morgan fingerprint density at radius 1 is 1.24 bits per heavy atom. The summed E-state index contributed by atoms with van der Waals surface area (Å²) < 4.78 is 1.75. The maximum Gasteiger partial charge on any atom is 0.237 e. The molecule has 1 aliphatic rings. The average molecular weight is 340 g/mol. The van der Waals surface area contributed by atoms with Crippen LogP contribution < -0.4 is 5.32 Å². The van der Waals surface area contributed by atoms with E-state index >= 15 is 0 Å². The van der Waals surface area contributed by atoms with Crippen LogP contribution in [-0.4, -0.2) is 39.7 Å². The molecule has 1 fully saturated rings. The van der Waals surface area contributed by atoms with Crippen LogP contribution >= 0.6 is 0 Å². The van der Waals surface area contributed by atoms with Crippen LogP contribution in [0.1, 0.15) is 30.9 Å². The lowest BCUT2D eigenvalue weighted by Crippen LogP contribution is -2.48. The number of piperidine rings is 1. The fourth-order valence-corrected chi connectivity index (χ4v) is 3.56. The lowest BCUT2D eigenvalue weighted by Gasteiger charge is -2.35. The minimum Gasteiger partial charge on any atom is -0.351 e. The van der Waals surface area contributed by atoms with Gasteiger partial charge in [0.25, 0.3) is 0 Å². The number of carbonyl (C=O) groups excluding carboxylic acids is 1. The third kappa shape index (κ3) is 4.92. The molecule has 1 aliphatic heterocycles. The van der Waals surface area contributed by atoms with E-state index in [4.69, 9.17) is 0 Å². The van der Waals surface area contributed by atoms with Crippen LogP contribution in [0.5, 0.6) is 0 Å². The zero-order valence-corrected chi connectivity index (χ0v) is 15.2. The Bertz CT molecular complexity index is 674. The summed E-state index contributed by atoms with van der Waals surface area (Å²) >= 11 is 0. The second kappa shape index (κ2) is 8.30. The van der Waals surface area contributed by atoms with Crippen LogP contribution in [0.2, 0.25) is 0 Å². The van der Waals surface area contributed by atoms with Crippen molar-refractivity contribution >= 4 is 5.91 Å². The molecule has 2 aromatic rings. The summed E-state index contributed by atoms with van der Waals surface area (Å²) in [7, 11) is 1.88. The van der Waals surface area contributed by atoms with E-state index in [2.05, 4.69) is 45.6 Å². The molecule has 1 saturated heterocycles. The molecule has 1 aromatic heterocycles. The fourth-order valence-electron chi connectivity index (χ4n) is 3.56. The third-order valence-electron chi connectivity index (χ3n) is 5.17. The van der Waals surface area contributed by atoms with Gasteiger partial charge in [-0.25, -0.2) is 0 Å². The van der Waals surface area contributed by atoms with E-state index in [1.165, 1.54) is 5.56 Å². The smallest absolute Gasteiger partial charge is 0.237 e. The SMILES string of the molecule is C[C@@H](C(=O)NCc1cnn(C)c1)N1CCC(Cc2ccccc2)CC1. The van der Waals surface area contributed by atoms with Gasteiger partial charge in [-0.05, 0) is 50.8 Å². The Balaban J connectivity index is 1.42. The molecule has 1 amide bonds. The zero-order chi connectivity index (χ0) is 17.6. The van der Waals surface area contributed by atoms with E-state index in [-0.39, 0.29) is 11.9 Å². The van der Waals surface area contributed by atoms with Gasteiger partial charge >= 0.3 is 0 Å². The number of hydrogen-bond acceptors (Lipinski definition) is 3. The summed E-state index contributed by atoms with van der Waals surface area (Å²) in [4.78, 5) is 14.7. The summed E-state index contributed by atoms with van der Waals surface area (Å²) in [6, 6.07) is 10.6. The maximum atomic E-state index is 12.4. The first-order valence-corrected chi connectivity index (χ1v) is 9.15. The molecule has 0 radical (unpaired) electrons. The Kier molecular flexibility index (Phi) is 5.87. The van der Waals surface area contributed by atoms with E-state index in [0.29, 0.717) is 6.54 Å². The van der Waals surface area contributed by atoms with Gasteiger partial charge in [-0.1, -0.05) is 30.3 Å². The molecular formula is C20H28N4O. The quantitative estimate of drug-likeness (QED) is 0.878. The molecule has 0 bridgehead atoms. The Morgan fingerprint density at radius 3 is 2.60 bits per heavy atom. The average Bonchev–Trinajstić information content (AvgIpc) is 3.06. The number of carbonyl (C=O) groups is 1. The van der Waals surface area contributed by atoms with Crippen molar-refractivity contribution < 1.29 is 4.79 Å². The molecule has 134 valence electrons. The van der Waals surface area contributed by atoms with Crippen LogP contribution in [0.4, 0.5) is 0 Å². The highest BCUT2D eigenvalue weighted by Crippen LogP contribution is 2.22. The monoisotopic (exact) mass is 340 g/mol. The summed E-state index contributed by atoms with van der Waals surface area (Å²) in [6.45, 7) is 4.55. The van der Waals surface area contributed by atoms with Crippen molar-refractivity contribution in [2.24, 2.45) is 13.0 Å². The van der Waals surface area contributed by atoms with Gasteiger partial charge in [-0.15, -0.1) is 0 Å². The van der Waals surface area contributed by atoms with Crippen molar-refractivity contribution in [3.63, 3.8) is 0 Å². The van der Waals surface area contributed by atoms with Crippen molar-refractivity contribution in [1.82, 2.24) is 20.0 Å². The van der Waals surface area contributed by atoms with Crippen LogP contribution in [0, 0.1) is 5.92 Å². The van der Waals surface area contributed by atoms with Crippen LogP contribution in [0.25, 0.3) is 0 Å². The van der Waals surface area contributed by atoms with Gasteiger partial charge in [0.2, 0.25) is 5.91 Å². The molecule has 0 aliphatic carbocycles. The standard InChI is InChI=1S/C20H28N4O/c1-16(20(25)21-13-19-14-22-23(2)15-19)24-10-8-18(9-11-24)12-17-6-4-3-5-7-17/h3-7,14-16,18H,8-13H2,1-2H3,(H,21,25)/t16-/m0/s1. The highest BCUT2D eigenvalue weighted by atomic mass is 16.2. The summed E-state index contributed by atoms with van der Waals surface area (Å²) in [5, 5.41) is 7.15. The minimum atomic E-state index is -0.0747. The molecule has 0 unspecified atom stereocenters. The Morgan fingerprint density at radius 2 is 1.96 bits per heavy atom. The van der Waals surface area contributed by atoms with Crippen molar-refractivity contribution in [2.75, 3.05) is 13.1 Å². The molecule has 3 rings (SSSR count). The van der Waals surface area contributed by atoms with Gasteiger partial charge in [0.15, 0.2) is 0 Å². The number of benzene rings is 1. The van der Waals surface area contributed by atoms with E-state index in [9.17, 15) is 4.79 Å². The van der Waals surface area contributed by atoms with Crippen molar-refractivity contribution in [3.05, 3.63) is 53.9 Å². The largest absolute Gasteiger partial charge is 0.351 e. The Labute approximate surface area is 150 Å². The first kappa shape index (κ1) is 17.7. The Hall–Kier alpha value is -2.14. The topological polar surface area (TPSA) is 50.2 Å². The third-order valence-corrected chi connectivity index (χ3v) is 5.17. The zero-order valence-electron chi connectivity index (χ0n) is 15.2. The molecule has 1 aromatic carbocycles. The van der Waals surface area contributed by atoms with Gasteiger partial charge in [-0.3, -0.25) is 14.4 Å². The number of aromatic nitrogens is 2. The fraction of sp³-hybridized carbons (Fsp3) is 0.500. The van der Waals surface area contributed by atoms with Gasteiger partial charge in [0.1, 0.15) is 0 Å².